The molecule has 24 heavy (non-hydrogen) atoms. The molecule has 1 aliphatic rings. The van der Waals surface area contributed by atoms with E-state index in [1.165, 1.54) is 9.13 Å². The van der Waals surface area contributed by atoms with Gasteiger partial charge in [0.2, 0.25) is 0 Å². The number of rotatable bonds is 5. The van der Waals surface area contributed by atoms with Gasteiger partial charge in [-0.3, -0.25) is 13.9 Å². The van der Waals surface area contributed by atoms with Gasteiger partial charge in [-0.15, -0.1) is 5.10 Å². The summed E-state index contributed by atoms with van der Waals surface area (Å²) in [5.74, 6) is 0. The van der Waals surface area contributed by atoms with E-state index in [0.717, 1.165) is 25.7 Å². The first-order valence-electron chi connectivity index (χ1n) is 8.86. The van der Waals surface area contributed by atoms with Gasteiger partial charge in [-0.2, -0.15) is 0 Å². The number of nitrogens with zero attached hydrogens (tertiary/aromatic N) is 5. The fourth-order valence-corrected chi connectivity index (χ4v) is 3.57. The second-order valence-corrected chi connectivity index (χ2v) is 6.52. The summed E-state index contributed by atoms with van der Waals surface area (Å²) in [6, 6.07) is -0.251. The molecule has 132 valence electrons. The zero-order valence-corrected chi connectivity index (χ0v) is 14.3. The van der Waals surface area contributed by atoms with Crippen LogP contribution in [0.5, 0.6) is 0 Å². The van der Waals surface area contributed by atoms with Gasteiger partial charge in [-0.1, -0.05) is 31.9 Å². The van der Waals surface area contributed by atoms with Crippen LogP contribution in [-0.4, -0.2) is 35.3 Å². The maximum absolute atomic E-state index is 12.9. The lowest BCUT2D eigenvalue weighted by Crippen LogP contribution is -2.41. The van der Waals surface area contributed by atoms with E-state index in [-0.39, 0.29) is 17.3 Å². The average molecular weight is 335 g/mol. The zero-order chi connectivity index (χ0) is 17.3. The third-order valence-corrected chi connectivity index (χ3v) is 4.74. The van der Waals surface area contributed by atoms with Crippen molar-refractivity contribution in [2.75, 3.05) is 0 Å². The van der Waals surface area contributed by atoms with Crippen LogP contribution in [0.25, 0.3) is 11.2 Å². The van der Waals surface area contributed by atoms with Gasteiger partial charge in [0, 0.05) is 13.1 Å². The molecule has 0 spiro atoms. The van der Waals surface area contributed by atoms with Crippen LogP contribution in [0.1, 0.15) is 58.4 Å². The molecule has 0 unspecified atom stereocenters. The van der Waals surface area contributed by atoms with Crippen LogP contribution in [0, 0.1) is 0 Å². The minimum atomic E-state index is -0.533. The standard InChI is InChI=1S/C16H25N5O3/c1-3-9-19-14-13(15(23)20(10-4-2)16(19)24)21(18-17-14)11-7-5-6-8-12(11)22/h11-12,22H,3-10H2,1-2H3/t11-,12-/m1/s1. The van der Waals surface area contributed by atoms with Gasteiger partial charge in [-0.05, 0) is 25.7 Å². The molecule has 0 aromatic carbocycles. The molecule has 1 saturated carbocycles. The summed E-state index contributed by atoms with van der Waals surface area (Å²) in [6.07, 6.45) is 4.35. The predicted molar refractivity (Wildman–Crippen MR) is 90.1 cm³/mol. The Morgan fingerprint density at radius 2 is 1.75 bits per heavy atom. The summed E-state index contributed by atoms with van der Waals surface area (Å²) >= 11 is 0. The molecule has 0 bridgehead atoms. The number of aromatic nitrogens is 5. The average Bonchev–Trinajstić information content (AvgIpc) is 3.00. The fourth-order valence-electron chi connectivity index (χ4n) is 3.57. The Bertz CT molecular complexity index is 835. The smallest absolute Gasteiger partial charge is 0.332 e. The van der Waals surface area contributed by atoms with Crippen molar-refractivity contribution >= 4 is 11.2 Å². The molecule has 1 aliphatic carbocycles. The first-order chi connectivity index (χ1) is 11.6. The van der Waals surface area contributed by atoms with Crippen molar-refractivity contribution in [2.45, 2.75) is 77.6 Å². The Morgan fingerprint density at radius 1 is 1.08 bits per heavy atom. The van der Waals surface area contributed by atoms with Gasteiger partial charge >= 0.3 is 5.69 Å². The molecule has 0 aliphatic heterocycles. The van der Waals surface area contributed by atoms with E-state index in [1.807, 2.05) is 13.8 Å². The van der Waals surface area contributed by atoms with Crippen LogP contribution in [-0.2, 0) is 13.1 Å². The van der Waals surface area contributed by atoms with Gasteiger partial charge in [0.05, 0.1) is 12.1 Å². The summed E-state index contributed by atoms with van der Waals surface area (Å²) in [5.41, 5.74) is -0.0150. The molecular formula is C16H25N5O3. The maximum Gasteiger partial charge on any atom is 0.332 e. The second-order valence-electron chi connectivity index (χ2n) is 6.52. The van der Waals surface area contributed by atoms with E-state index in [1.54, 1.807) is 4.68 Å². The quantitative estimate of drug-likeness (QED) is 0.881. The molecular weight excluding hydrogens is 310 g/mol. The molecule has 3 rings (SSSR count). The van der Waals surface area contributed by atoms with Crippen molar-refractivity contribution in [3.8, 4) is 0 Å². The molecule has 1 N–H and O–H groups in total. The summed E-state index contributed by atoms with van der Waals surface area (Å²) < 4.78 is 4.36. The van der Waals surface area contributed by atoms with E-state index in [4.69, 9.17) is 0 Å². The Kier molecular flexibility index (Phi) is 4.84. The van der Waals surface area contributed by atoms with Gasteiger partial charge in [0.25, 0.3) is 5.56 Å². The zero-order valence-electron chi connectivity index (χ0n) is 14.3. The fraction of sp³-hybridized carbons (Fsp3) is 0.750. The van der Waals surface area contributed by atoms with Crippen molar-refractivity contribution in [1.29, 1.82) is 0 Å². The van der Waals surface area contributed by atoms with Crippen molar-refractivity contribution in [1.82, 2.24) is 24.1 Å². The van der Waals surface area contributed by atoms with Crippen molar-refractivity contribution < 1.29 is 5.11 Å². The lowest BCUT2D eigenvalue weighted by Gasteiger charge is -2.27. The Hall–Kier alpha value is -1.96. The SMILES string of the molecule is CCCn1c(=O)c2c(nnn2[C@@H]2CCCC[C@H]2O)n(CCC)c1=O. The van der Waals surface area contributed by atoms with E-state index in [2.05, 4.69) is 10.3 Å². The summed E-state index contributed by atoms with van der Waals surface area (Å²) in [6.45, 7) is 4.77. The normalized spacial score (nSPS) is 21.5. The summed E-state index contributed by atoms with van der Waals surface area (Å²) in [7, 11) is 0. The monoisotopic (exact) mass is 335 g/mol. The van der Waals surface area contributed by atoms with Gasteiger partial charge in [-0.25, -0.2) is 9.48 Å². The van der Waals surface area contributed by atoms with Crippen LogP contribution in [0.4, 0.5) is 0 Å². The first kappa shape index (κ1) is 16.9. The van der Waals surface area contributed by atoms with Gasteiger partial charge in [0.15, 0.2) is 11.2 Å². The molecule has 8 heteroatoms. The molecule has 0 radical (unpaired) electrons. The lowest BCUT2D eigenvalue weighted by molar-refractivity contribution is 0.0705. The van der Waals surface area contributed by atoms with E-state index >= 15 is 0 Å². The Labute approximate surface area is 139 Å². The Balaban J connectivity index is 2.26. The van der Waals surface area contributed by atoms with Crippen LogP contribution in [0.2, 0.25) is 0 Å². The molecule has 2 atom stereocenters. The predicted octanol–water partition coefficient (Wildman–Crippen LogP) is 1.05. The molecule has 0 amide bonds. The third kappa shape index (κ3) is 2.68. The van der Waals surface area contributed by atoms with Crippen LogP contribution in [0.15, 0.2) is 9.59 Å². The minimum absolute atomic E-state index is 0.251. The highest BCUT2D eigenvalue weighted by molar-refractivity contribution is 5.69. The molecule has 8 nitrogen and oxygen atoms in total. The maximum atomic E-state index is 12.9. The molecule has 1 fully saturated rings. The summed E-state index contributed by atoms with van der Waals surface area (Å²) in [4.78, 5) is 25.5. The molecule has 2 aromatic rings. The van der Waals surface area contributed by atoms with Crippen LogP contribution >= 0.6 is 0 Å². The number of hydrogen-bond donors (Lipinski definition) is 1. The van der Waals surface area contributed by atoms with Crippen molar-refractivity contribution in [3.63, 3.8) is 0 Å². The Morgan fingerprint density at radius 3 is 2.42 bits per heavy atom. The highest BCUT2D eigenvalue weighted by Crippen LogP contribution is 2.29. The topological polar surface area (TPSA) is 94.9 Å². The number of aliphatic hydroxyl groups excluding tert-OH is 1. The van der Waals surface area contributed by atoms with Crippen LogP contribution < -0.4 is 11.2 Å². The van der Waals surface area contributed by atoms with E-state index in [0.29, 0.717) is 37.1 Å². The largest absolute Gasteiger partial charge is 0.391 e. The molecule has 2 heterocycles. The third-order valence-electron chi connectivity index (χ3n) is 4.74. The molecule has 0 saturated heterocycles. The van der Waals surface area contributed by atoms with Gasteiger partial charge in [0.1, 0.15) is 0 Å². The van der Waals surface area contributed by atoms with E-state index < -0.39 is 6.10 Å². The van der Waals surface area contributed by atoms with Crippen molar-refractivity contribution in [3.05, 3.63) is 20.8 Å². The number of hydrogen-bond acceptors (Lipinski definition) is 5. The van der Waals surface area contributed by atoms with Crippen LogP contribution in [0.3, 0.4) is 0 Å². The lowest BCUT2D eigenvalue weighted by atomic mass is 9.93. The number of aliphatic hydroxyl groups is 1. The molecule has 2 aromatic heterocycles. The summed E-state index contributed by atoms with van der Waals surface area (Å²) in [5, 5.41) is 18.6. The minimum Gasteiger partial charge on any atom is -0.391 e. The van der Waals surface area contributed by atoms with Gasteiger partial charge < -0.3 is 5.11 Å². The van der Waals surface area contributed by atoms with E-state index in [9.17, 15) is 14.7 Å². The van der Waals surface area contributed by atoms with Crippen molar-refractivity contribution in [2.24, 2.45) is 0 Å². The highest BCUT2D eigenvalue weighted by atomic mass is 16.3. The number of aryl methyl sites for hydroxylation is 1. The highest BCUT2D eigenvalue weighted by Gasteiger charge is 2.29. The number of fused-ring (bicyclic) bond motifs is 1. The second kappa shape index (κ2) is 6.88. The first-order valence-corrected chi connectivity index (χ1v) is 8.86.